The first-order chi connectivity index (χ1) is 9.20. The molecule has 114 valence electrons. The Hall–Kier alpha value is -0.650. The van der Waals surface area contributed by atoms with Gasteiger partial charge in [-0.1, -0.05) is 13.8 Å². The summed E-state index contributed by atoms with van der Waals surface area (Å²) < 4.78 is 2.07. The lowest BCUT2D eigenvalue weighted by Crippen LogP contribution is -2.35. The smallest absolute Gasteiger partial charge is 0.141 e. The quantitative estimate of drug-likeness (QED) is 0.919. The number of hydrogen-bond acceptors (Lipinski definition) is 4. The first-order valence-electron chi connectivity index (χ1n) is 7.56. The minimum absolute atomic E-state index is 0. The Morgan fingerprint density at radius 2 is 2.10 bits per heavy atom. The summed E-state index contributed by atoms with van der Waals surface area (Å²) in [6.07, 6.45) is 5.66. The molecule has 6 heteroatoms. The summed E-state index contributed by atoms with van der Waals surface area (Å²) in [5.74, 6) is 1.73. The molecule has 2 aliphatic rings. The molecular weight excluding hydrogens is 274 g/mol. The van der Waals surface area contributed by atoms with Gasteiger partial charge in [-0.25, -0.2) is 9.67 Å². The van der Waals surface area contributed by atoms with E-state index in [9.17, 15) is 0 Å². The van der Waals surface area contributed by atoms with Gasteiger partial charge in [-0.15, -0.1) is 12.4 Å². The SMILES string of the molecule is CC(C)Cn1ncnc1CN1CCC2CCC(C1)N2.Cl. The molecule has 2 bridgehead atoms. The molecule has 1 N–H and O–H groups in total. The molecule has 0 spiro atoms. The summed E-state index contributed by atoms with van der Waals surface area (Å²) in [6.45, 7) is 8.69. The Bertz CT molecular complexity index is 419. The Kier molecular flexibility index (Phi) is 5.41. The van der Waals surface area contributed by atoms with Crippen LogP contribution in [0.5, 0.6) is 0 Å². The summed E-state index contributed by atoms with van der Waals surface area (Å²) in [5.41, 5.74) is 0. The van der Waals surface area contributed by atoms with Crippen LogP contribution in [0, 0.1) is 5.92 Å². The Morgan fingerprint density at radius 1 is 1.30 bits per heavy atom. The lowest BCUT2D eigenvalue weighted by atomic mass is 10.1. The fraction of sp³-hybridized carbons (Fsp3) is 0.857. The molecule has 0 saturated carbocycles. The zero-order chi connectivity index (χ0) is 13.2. The maximum Gasteiger partial charge on any atom is 0.141 e. The van der Waals surface area contributed by atoms with Gasteiger partial charge in [-0.2, -0.15) is 5.10 Å². The molecule has 1 aromatic rings. The van der Waals surface area contributed by atoms with E-state index in [0.29, 0.717) is 12.0 Å². The third-order valence-electron chi connectivity index (χ3n) is 4.21. The zero-order valence-corrected chi connectivity index (χ0v) is 13.3. The largest absolute Gasteiger partial charge is 0.310 e. The van der Waals surface area contributed by atoms with Gasteiger partial charge in [0.15, 0.2) is 0 Å². The zero-order valence-electron chi connectivity index (χ0n) is 12.5. The van der Waals surface area contributed by atoms with E-state index < -0.39 is 0 Å². The fourth-order valence-corrected chi connectivity index (χ4v) is 3.27. The second-order valence-corrected chi connectivity index (χ2v) is 6.41. The van der Waals surface area contributed by atoms with Crippen LogP contribution in [0.3, 0.4) is 0 Å². The molecule has 2 saturated heterocycles. The number of halogens is 1. The van der Waals surface area contributed by atoms with Crippen molar-refractivity contribution >= 4 is 12.4 Å². The third-order valence-corrected chi connectivity index (χ3v) is 4.21. The number of hydrogen-bond donors (Lipinski definition) is 1. The average molecular weight is 300 g/mol. The first-order valence-corrected chi connectivity index (χ1v) is 7.56. The van der Waals surface area contributed by atoms with Crippen LogP contribution in [0.1, 0.15) is 38.9 Å². The van der Waals surface area contributed by atoms with Crippen molar-refractivity contribution in [3.63, 3.8) is 0 Å². The molecule has 1 aromatic heterocycles. The van der Waals surface area contributed by atoms with E-state index in [1.807, 2.05) is 0 Å². The number of likely N-dealkylation sites (tertiary alicyclic amines) is 1. The van der Waals surface area contributed by atoms with Gasteiger partial charge in [0, 0.05) is 31.7 Å². The predicted octanol–water partition coefficient (Wildman–Crippen LogP) is 1.68. The van der Waals surface area contributed by atoms with Gasteiger partial charge in [0.25, 0.3) is 0 Å². The highest BCUT2D eigenvalue weighted by Gasteiger charge is 2.29. The number of fused-ring (bicyclic) bond motifs is 2. The van der Waals surface area contributed by atoms with Crippen molar-refractivity contribution < 1.29 is 0 Å². The van der Waals surface area contributed by atoms with E-state index in [1.54, 1.807) is 6.33 Å². The highest BCUT2D eigenvalue weighted by Crippen LogP contribution is 2.21. The minimum Gasteiger partial charge on any atom is -0.310 e. The van der Waals surface area contributed by atoms with E-state index in [2.05, 4.69) is 38.8 Å². The molecule has 3 rings (SSSR count). The molecule has 2 unspecified atom stereocenters. The van der Waals surface area contributed by atoms with Crippen molar-refractivity contribution in [1.82, 2.24) is 25.0 Å². The van der Waals surface area contributed by atoms with Gasteiger partial charge < -0.3 is 5.32 Å². The van der Waals surface area contributed by atoms with Crippen molar-refractivity contribution in [3.8, 4) is 0 Å². The lowest BCUT2D eigenvalue weighted by Gasteiger charge is -2.23. The van der Waals surface area contributed by atoms with Gasteiger partial charge in [0.1, 0.15) is 12.2 Å². The standard InChI is InChI=1S/C14H25N5.ClH/c1-11(2)7-19-14(15-10-16-19)9-18-6-5-12-3-4-13(8-18)17-12;/h10-13,17H,3-9H2,1-2H3;1H. The first kappa shape index (κ1) is 15.7. The lowest BCUT2D eigenvalue weighted by molar-refractivity contribution is 0.239. The van der Waals surface area contributed by atoms with Crippen LogP contribution in [0.2, 0.25) is 0 Å². The summed E-state index contributed by atoms with van der Waals surface area (Å²) in [4.78, 5) is 6.99. The Balaban J connectivity index is 0.00000147. The number of nitrogens with one attached hydrogen (secondary N) is 1. The van der Waals surface area contributed by atoms with Crippen LogP contribution >= 0.6 is 12.4 Å². The maximum absolute atomic E-state index is 4.45. The molecule has 2 fully saturated rings. The number of nitrogens with zero attached hydrogens (tertiary/aromatic N) is 4. The Labute approximate surface area is 127 Å². The molecule has 20 heavy (non-hydrogen) atoms. The van der Waals surface area contributed by atoms with Crippen LogP contribution < -0.4 is 5.32 Å². The van der Waals surface area contributed by atoms with Gasteiger partial charge >= 0.3 is 0 Å². The number of aromatic nitrogens is 3. The van der Waals surface area contributed by atoms with Crippen LogP contribution in [0.15, 0.2) is 6.33 Å². The van der Waals surface area contributed by atoms with Gasteiger partial charge in [0.2, 0.25) is 0 Å². The van der Waals surface area contributed by atoms with Gasteiger partial charge in [-0.05, 0) is 25.2 Å². The van der Waals surface area contributed by atoms with E-state index >= 15 is 0 Å². The number of rotatable bonds is 4. The molecule has 0 radical (unpaired) electrons. The average Bonchev–Trinajstić information content (AvgIpc) is 2.89. The fourth-order valence-electron chi connectivity index (χ4n) is 3.27. The van der Waals surface area contributed by atoms with Gasteiger partial charge in [-0.3, -0.25) is 4.90 Å². The molecule has 3 heterocycles. The summed E-state index contributed by atoms with van der Waals surface area (Å²) in [7, 11) is 0. The maximum atomic E-state index is 4.45. The molecule has 2 atom stereocenters. The van der Waals surface area contributed by atoms with E-state index in [1.165, 1.54) is 25.8 Å². The highest BCUT2D eigenvalue weighted by atomic mass is 35.5. The summed E-state index contributed by atoms with van der Waals surface area (Å²) >= 11 is 0. The summed E-state index contributed by atoms with van der Waals surface area (Å²) in [6, 6.07) is 1.44. The van der Waals surface area contributed by atoms with Crippen LogP contribution in [-0.4, -0.2) is 44.8 Å². The normalized spacial score (nSPS) is 26.6. The third kappa shape index (κ3) is 3.71. The molecule has 0 aliphatic carbocycles. The van der Waals surface area contributed by atoms with E-state index in [4.69, 9.17) is 0 Å². The molecular formula is C14H26ClN5. The van der Waals surface area contributed by atoms with Crippen molar-refractivity contribution in [2.24, 2.45) is 5.92 Å². The van der Waals surface area contributed by atoms with E-state index in [-0.39, 0.29) is 12.4 Å². The van der Waals surface area contributed by atoms with E-state index in [0.717, 1.165) is 31.5 Å². The van der Waals surface area contributed by atoms with Gasteiger partial charge in [0.05, 0.1) is 6.54 Å². The topological polar surface area (TPSA) is 46.0 Å². The highest BCUT2D eigenvalue weighted by molar-refractivity contribution is 5.85. The van der Waals surface area contributed by atoms with Crippen molar-refractivity contribution in [2.75, 3.05) is 13.1 Å². The minimum atomic E-state index is 0. The molecule has 5 nitrogen and oxygen atoms in total. The van der Waals surface area contributed by atoms with Crippen molar-refractivity contribution in [1.29, 1.82) is 0 Å². The second-order valence-electron chi connectivity index (χ2n) is 6.41. The summed E-state index contributed by atoms with van der Waals surface area (Å²) in [5, 5.41) is 8.08. The monoisotopic (exact) mass is 299 g/mol. The Morgan fingerprint density at radius 3 is 2.90 bits per heavy atom. The van der Waals surface area contributed by atoms with Crippen LogP contribution in [0.4, 0.5) is 0 Å². The molecule has 0 amide bonds. The molecule has 0 aromatic carbocycles. The second kappa shape index (κ2) is 6.87. The predicted molar refractivity (Wildman–Crippen MR) is 81.9 cm³/mol. The van der Waals surface area contributed by atoms with Crippen LogP contribution in [-0.2, 0) is 13.1 Å². The van der Waals surface area contributed by atoms with Crippen molar-refractivity contribution in [3.05, 3.63) is 12.2 Å². The van der Waals surface area contributed by atoms with Crippen molar-refractivity contribution in [2.45, 2.75) is 58.3 Å². The van der Waals surface area contributed by atoms with Crippen LogP contribution in [0.25, 0.3) is 0 Å². The molecule has 2 aliphatic heterocycles.